The van der Waals surface area contributed by atoms with Crippen LogP contribution in [0.4, 0.5) is 51.2 Å². The van der Waals surface area contributed by atoms with E-state index in [-0.39, 0.29) is 39.2 Å². The van der Waals surface area contributed by atoms with Crippen LogP contribution >= 0.6 is 11.3 Å². The molecular weight excluding hydrogens is 914 g/mol. The molecule has 0 saturated carbocycles. The second-order valence-corrected chi connectivity index (χ2v) is 28.3. The van der Waals surface area contributed by atoms with Gasteiger partial charge < -0.3 is 14.7 Å². The standard InChI is InChI=1S/C69H76BN3S/c1-43-38-52-53(68(12,13)35-34-67(52,10)11)42-55(43)73-57-41-49(71(46-22-18-16-19-23-46)47-24-20-17-21-25-47)40-56-60(57)70(54-32-31-51-59(62(54)73)69(14,15)37-36-66(51,8)9)63-61(50-39-45(65(5,6)7)28-33-58(50)74-63)72(56)48-29-26-44(27-30-48)64(2,3)4/h16-33,38-42H,34-37H2,1-15H3. The average molecular weight is 990 g/mol. The smallest absolute Gasteiger partial charge is 0.264 e. The Morgan fingerprint density at radius 2 is 1.01 bits per heavy atom. The molecule has 3 nitrogen and oxygen atoms in total. The van der Waals surface area contributed by atoms with Gasteiger partial charge in [-0.3, -0.25) is 0 Å². The molecule has 2 aliphatic heterocycles. The number of fused-ring (bicyclic) bond motifs is 9. The van der Waals surface area contributed by atoms with Crippen molar-refractivity contribution >= 4 is 95.0 Å². The summed E-state index contributed by atoms with van der Waals surface area (Å²) in [5.74, 6) is 0. The van der Waals surface area contributed by atoms with Gasteiger partial charge in [0.05, 0.1) is 11.4 Å². The molecule has 0 atom stereocenters. The molecule has 0 bridgehead atoms. The molecule has 0 N–H and O–H groups in total. The van der Waals surface area contributed by atoms with Crippen LogP contribution in [-0.2, 0) is 32.5 Å². The van der Waals surface area contributed by atoms with E-state index in [1.165, 1.54) is 105 Å². The van der Waals surface area contributed by atoms with Crippen molar-refractivity contribution < 1.29 is 0 Å². The number of benzene rings is 7. The van der Waals surface area contributed by atoms with Crippen LogP contribution < -0.4 is 30.4 Å². The lowest BCUT2D eigenvalue weighted by atomic mass is 9.35. The highest BCUT2D eigenvalue weighted by Gasteiger charge is 2.50. The molecule has 0 amide bonds. The Kier molecular flexibility index (Phi) is 10.9. The fraction of sp³-hybridized carbons (Fsp3) is 0.362. The second-order valence-electron chi connectivity index (χ2n) is 27.2. The maximum atomic E-state index is 2.81. The van der Waals surface area contributed by atoms with Gasteiger partial charge in [-0.1, -0.05) is 170 Å². The third-order valence-corrected chi connectivity index (χ3v) is 19.4. The van der Waals surface area contributed by atoms with Gasteiger partial charge in [0.1, 0.15) is 0 Å². The Balaban J connectivity index is 1.28. The summed E-state index contributed by atoms with van der Waals surface area (Å²) in [6.45, 7) is 36.4. The van der Waals surface area contributed by atoms with E-state index in [0.717, 1.165) is 36.3 Å². The highest BCUT2D eigenvalue weighted by atomic mass is 32.1. The van der Waals surface area contributed by atoms with Crippen LogP contribution in [0.3, 0.4) is 0 Å². The number of hydrogen-bond acceptors (Lipinski definition) is 4. The summed E-state index contributed by atoms with van der Waals surface area (Å²) in [5.41, 5.74) is 24.0. The Hall–Kier alpha value is -6.04. The SMILES string of the molecule is Cc1cc2c(cc1N1c3cc(N(c4ccccc4)c4ccccc4)cc4c3B(c3ccc5c(c31)C(C)(C)CCC5(C)C)c1sc3ccc(C(C)(C)C)cc3c1N4c1ccc(C(C)(C)C)cc1)C(C)(C)CCC2(C)C. The van der Waals surface area contributed by atoms with Crippen LogP contribution in [0.1, 0.15) is 162 Å². The third-order valence-electron chi connectivity index (χ3n) is 18.1. The summed E-state index contributed by atoms with van der Waals surface area (Å²) in [7, 11) is 0. The van der Waals surface area contributed by atoms with Crippen molar-refractivity contribution in [3.05, 3.63) is 178 Å². The minimum Gasteiger partial charge on any atom is -0.311 e. The number of rotatable bonds is 5. The number of para-hydroxylation sites is 2. The molecule has 0 unspecified atom stereocenters. The molecule has 0 radical (unpaired) electrons. The molecule has 7 aromatic carbocycles. The Labute approximate surface area is 447 Å². The van der Waals surface area contributed by atoms with Crippen LogP contribution in [0, 0.1) is 6.92 Å². The van der Waals surface area contributed by atoms with Gasteiger partial charge in [0.15, 0.2) is 0 Å². The minimum atomic E-state index is -0.0734. The van der Waals surface area contributed by atoms with Crippen LogP contribution in [-0.4, -0.2) is 6.71 Å². The molecule has 376 valence electrons. The molecule has 5 heteroatoms. The van der Waals surface area contributed by atoms with E-state index in [1.807, 2.05) is 11.3 Å². The summed E-state index contributed by atoms with van der Waals surface area (Å²) in [4.78, 5) is 7.99. The van der Waals surface area contributed by atoms with Crippen molar-refractivity contribution in [2.24, 2.45) is 0 Å². The topological polar surface area (TPSA) is 9.72 Å². The predicted molar refractivity (Wildman–Crippen MR) is 323 cm³/mol. The molecule has 74 heavy (non-hydrogen) atoms. The number of aryl methyl sites for hydroxylation is 1. The third kappa shape index (κ3) is 7.55. The van der Waals surface area contributed by atoms with Crippen molar-refractivity contribution in [1.82, 2.24) is 0 Å². The monoisotopic (exact) mass is 990 g/mol. The minimum absolute atomic E-state index is 0.00256. The molecule has 1 aromatic heterocycles. The lowest BCUT2D eigenvalue weighted by Crippen LogP contribution is -2.61. The van der Waals surface area contributed by atoms with Gasteiger partial charge in [-0.25, -0.2) is 0 Å². The van der Waals surface area contributed by atoms with Crippen molar-refractivity contribution in [1.29, 1.82) is 0 Å². The molecule has 12 rings (SSSR count). The Bertz CT molecular complexity index is 3510. The number of nitrogens with zero attached hydrogens (tertiary/aromatic N) is 3. The van der Waals surface area contributed by atoms with Gasteiger partial charge in [0.2, 0.25) is 0 Å². The molecule has 0 spiro atoms. The van der Waals surface area contributed by atoms with Gasteiger partial charge in [0, 0.05) is 54.7 Å². The van der Waals surface area contributed by atoms with E-state index in [4.69, 9.17) is 0 Å². The second kappa shape index (κ2) is 16.5. The highest BCUT2D eigenvalue weighted by Crippen LogP contribution is 2.57. The van der Waals surface area contributed by atoms with Crippen molar-refractivity contribution in [2.75, 3.05) is 14.7 Å². The normalized spacial score (nSPS) is 17.8. The van der Waals surface area contributed by atoms with Gasteiger partial charge in [0.25, 0.3) is 6.71 Å². The van der Waals surface area contributed by atoms with Gasteiger partial charge in [-0.2, -0.15) is 0 Å². The first kappa shape index (κ1) is 48.9. The summed E-state index contributed by atoms with van der Waals surface area (Å²) in [5, 5.41) is 1.33. The first-order valence-corrected chi connectivity index (χ1v) is 28.4. The highest BCUT2D eigenvalue weighted by molar-refractivity contribution is 7.33. The quantitative estimate of drug-likeness (QED) is 0.159. The van der Waals surface area contributed by atoms with E-state index in [0.29, 0.717) is 0 Å². The van der Waals surface area contributed by atoms with Crippen LogP contribution in [0.25, 0.3) is 10.1 Å². The maximum absolute atomic E-state index is 2.81. The zero-order chi connectivity index (χ0) is 52.2. The molecule has 8 aromatic rings. The number of anilines is 9. The van der Waals surface area contributed by atoms with E-state index >= 15 is 0 Å². The Morgan fingerprint density at radius 3 is 1.59 bits per heavy atom. The van der Waals surface area contributed by atoms with E-state index < -0.39 is 0 Å². The first-order valence-electron chi connectivity index (χ1n) is 27.6. The summed E-state index contributed by atoms with van der Waals surface area (Å²) >= 11 is 2.02. The maximum Gasteiger partial charge on any atom is 0.264 e. The van der Waals surface area contributed by atoms with E-state index in [9.17, 15) is 0 Å². The summed E-state index contributed by atoms with van der Waals surface area (Å²) in [6.07, 6.45) is 4.63. The van der Waals surface area contributed by atoms with Crippen molar-refractivity contribution in [3.63, 3.8) is 0 Å². The van der Waals surface area contributed by atoms with Crippen molar-refractivity contribution in [3.8, 4) is 0 Å². The number of thiophene rings is 1. The lowest BCUT2D eigenvalue weighted by molar-refractivity contribution is 0.331. The van der Waals surface area contributed by atoms with Gasteiger partial charge in [-0.05, 0) is 182 Å². The summed E-state index contributed by atoms with van der Waals surface area (Å²) < 4.78 is 2.76. The predicted octanol–water partition coefficient (Wildman–Crippen LogP) is 18.1. The molecule has 2 aliphatic carbocycles. The molecule has 3 heterocycles. The zero-order valence-corrected chi connectivity index (χ0v) is 47.8. The number of hydrogen-bond donors (Lipinski definition) is 0. The molecule has 4 aliphatic rings. The van der Waals surface area contributed by atoms with Crippen LogP contribution in [0.15, 0.2) is 140 Å². The molecular formula is C69H76BN3S. The largest absolute Gasteiger partial charge is 0.311 e. The fourth-order valence-corrected chi connectivity index (χ4v) is 14.8. The Morgan fingerprint density at radius 1 is 0.486 bits per heavy atom. The van der Waals surface area contributed by atoms with Crippen LogP contribution in [0.5, 0.6) is 0 Å². The van der Waals surface area contributed by atoms with E-state index in [2.05, 4.69) is 258 Å². The fourth-order valence-electron chi connectivity index (χ4n) is 13.5. The summed E-state index contributed by atoms with van der Waals surface area (Å²) in [6, 6.07) is 54.5. The lowest BCUT2D eigenvalue weighted by Gasteiger charge is -2.50. The zero-order valence-electron chi connectivity index (χ0n) is 46.9. The average Bonchev–Trinajstić information content (AvgIpc) is 3.75. The van der Waals surface area contributed by atoms with Gasteiger partial charge in [-0.15, -0.1) is 11.3 Å². The van der Waals surface area contributed by atoms with Gasteiger partial charge >= 0.3 is 0 Å². The van der Waals surface area contributed by atoms with E-state index in [1.54, 1.807) is 0 Å². The first-order chi connectivity index (χ1) is 34.9. The molecule has 0 saturated heterocycles. The van der Waals surface area contributed by atoms with Crippen LogP contribution in [0.2, 0.25) is 0 Å². The molecule has 0 fully saturated rings. The van der Waals surface area contributed by atoms with Crippen molar-refractivity contribution in [2.45, 2.75) is 162 Å².